The number of benzene rings is 1. The lowest BCUT2D eigenvalue weighted by atomic mass is 10.2. The van der Waals surface area contributed by atoms with Crippen LogP contribution in [0.15, 0.2) is 33.7 Å². The van der Waals surface area contributed by atoms with Crippen LogP contribution in [0.3, 0.4) is 0 Å². The zero-order chi connectivity index (χ0) is 15.4. The van der Waals surface area contributed by atoms with Crippen molar-refractivity contribution in [3.63, 3.8) is 0 Å². The highest BCUT2D eigenvalue weighted by molar-refractivity contribution is 9.10. The predicted molar refractivity (Wildman–Crippen MR) is 77.0 cm³/mol. The standard InChI is InChI=1S/C13H12BrF2N3O2/c14-12-11(7-18-19(3-4-20)13(12)21)17-6-8-1-2-9(15)5-10(8)16/h1-2,5,7,17,20H,3-4,6H2. The molecule has 5 nitrogen and oxygen atoms in total. The zero-order valence-electron chi connectivity index (χ0n) is 10.8. The van der Waals surface area contributed by atoms with Crippen LogP contribution in [0.2, 0.25) is 0 Å². The molecule has 2 rings (SSSR count). The van der Waals surface area contributed by atoms with E-state index in [9.17, 15) is 13.6 Å². The van der Waals surface area contributed by atoms with Gasteiger partial charge in [-0.05, 0) is 22.0 Å². The van der Waals surface area contributed by atoms with E-state index in [1.165, 1.54) is 12.3 Å². The monoisotopic (exact) mass is 359 g/mol. The van der Waals surface area contributed by atoms with Crippen molar-refractivity contribution in [1.82, 2.24) is 9.78 Å². The molecule has 0 unspecified atom stereocenters. The number of halogens is 3. The number of rotatable bonds is 5. The minimum absolute atomic E-state index is 0.0792. The molecule has 2 N–H and O–H groups in total. The number of hydrogen-bond acceptors (Lipinski definition) is 4. The number of hydrogen-bond donors (Lipinski definition) is 2. The van der Waals surface area contributed by atoms with Gasteiger partial charge in [-0.15, -0.1) is 0 Å². The number of aromatic nitrogens is 2. The topological polar surface area (TPSA) is 67.2 Å². The molecule has 0 saturated heterocycles. The summed E-state index contributed by atoms with van der Waals surface area (Å²) in [6, 6.07) is 3.28. The summed E-state index contributed by atoms with van der Waals surface area (Å²) in [5.41, 5.74) is 0.245. The number of nitrogens with one attached hydrogen (secondary N) is 1. The Morgan fingerprint density at radius 3 is 2.81 bits per heavy atom. The third-order valence-electron chi connectivity index (χ3n) is 2.78. The van der Waals surface area contributed by atoms with E-state index in [0.717, 1.165) is 16.8 Å². The molecule has 0 aliphatic rings. The number of aliphatic hydroxyl groups is 1. The summed E-state index contributed by atoms with van der Waals surface area (Å²) in [6.45, 7) is -0.0347. The average molecular weight is 360 g/mol. The fraction of sp³-hybridized carbons (Fsp3) is 0.231. The molecule has 1 aromatic heterocycles. The Hall–Kier alpha value is -1.80. The molecule has 0 amide bonds. The average Bonchev–Trinajstić information content (AvgIpc) is 2.45. The Bertz CT molecular complexity index is 706. The molecule has 0 radical (unpaired) electrons. The lowest BCUT2D eigenvalue weighted by Crippen LogP contribution is -2.25. The highest BCUT2D eigenvalue weighted by Crippen LogP contribution is 2.18. The van der Waals surface area contributed by atoms with Crippen molar-refractivity contribution in [3.8, 4) is 0 Å². The molecule has 0 saturated carbocycles. The molecule has 0 atom stereocenters. The molecule has 1 aromatic carbocycles. The Morgan fingerprint density at radius 2 is 2.14 bits per heavy atom. The lowest BCUT2D eigenvalue weighted by Gasteiger charge is -2.10. The van der Waals surface area contributed by atoms with Gasteiger partial charge in [0.05, 0.1) is 25.0 Å². The molecule has 0 spiro atoms. The van der Waals surface area contributed by atoms with Gasteiger partial charge in [0.15, 0.2) is 0 Å². The van der Waals surface area contributed by atoms with Crippen molar-refractivity contribution < 1.29 is 13.9 Å². The van der Waals surface area contributed by atoms with Crippen LogP contribution in [0.5, 0.6) is 0 Å². The van der Waals surface area contributed by atoms with Crippen LogP contribution in [0.1, 0.15) is 5.56 Å². The summed E-state index contributed by atoms with van der Waals surface area (Å²) in [4.78, 5) is 11.9. The van der Waals surface area contributed by atoms with Gasteiger partial charge in [0.25, 0.3) is 5.56 Å². The van der Waals surface area contributed by atoms with E-state index in [-0.39, 0.29) is 29.7 Å². The van der Waals surface area contributed by atoms with Crippen molar-refractivity contribution in [1.29, 1.82) is 0 Å². The fourth-order valence-electron chi connectivity index (χ4n) is 1.70. The largest absolute Gasteiger partial charge is 0.394 e. The normalized spacial score (nSPS) is 10.7. The lowest BCUT2D eigenvalue weighted by molar-refractivity contribution is 0.266. The van der Waals surface area contributed by atoms with E-state index >= 15 is 0 Å². The second-order valence-corrected chi connectivity index (χ2v) is 5.01. The Morgan fingerprint density at radius 1 is 1.38 bits per heavy atom. The van der Waals surface area contributed by atoms with Gasteiger partial charge in [-0.2, -0.15) is 5.10 Å². The molecule has 21 heavy (non-hydrogen) atoms. The van der Waals surface area contributed by atoms with Crippen molar-refractivity contribution in [2.75, 3.05) is 11.9 Å². The Labute approximate surface area is 127 Å². The zero-order valence-corrected chi connectivity index (χ0v) is 12.4. The number of nitrogens with zero attached hydrogens (tertiary/aromatic N) is 2. The molecule has 0 fully saturated rings. The van der Waals surface area contributed by atoms with Crippen LogP contribution in [0, 0.1) is 11.6 Å². The Kier molecular flexibility index (Phi) is 5.03. The van der Waals surface area contributed by atoms with Crippen LogP contribution >= 0.6 is 15.9 Å². The van der Waals surface area contributed by atoms with Gasteiger partial charge < -0.3 is 10.4 Å². The fourth-order valence-corrected chi connectivity index (χ4v) is 2.15. The first-order chi connectivity index (χ1) is 10.0. The number of aliphatic hydroxyl groups excluding tert-OH is 1. The maximum atomic E-state index is 13.5. The highest BCUT2D eigenvalue weighted by Gasteiger charge is 2.09. The van der Waals surface area contributed by atoms with Gasteiger partial charge in [-0.1, -0.05) is 6.07 Å². The summed E-state index contributed by atoms with van der Waals surface area (Å²) >= 11 is 3.13. The van der Waals surface area contributed by atoms with Gasteiger partial charge in [0.1, 0.15) is 16.1 Å². The molecule has 2 aromatic rings. The van der Waals surface area contributed by atoms with Crippen LogP contribution in [0.25, 0.3) is 0 Å². The molecular formula is C13H12BrF2N3O2. The maximum Gasteiger partial charge on any atom is 0.283 e. The first-order valence-electron chi connectivity index (χ1n) is 6.07. The van der Waals surface area contributed by atoms with Gasteiger partial charge in [-0.25, -0.2) is 13.5 Å². The molecular weight excluding hydrogens is 348 g/mol. The van der Waals surface area contributed by atoms with E-state index in [0.29, 0.717) is 5.69 Å². The van der Waals surface area contributed by atoms with E-state index in [2.05, 4.69) is 26.3 Å². The smallest absolute Gasteiger partial charge is 0.283 e. The van der Waals surface area contributed by atoms with Gasteiger partial charge in [0.2, 0.25) is 0 Å². The van der Waals surface area contributed by atoms with Crippen LogP contribution in [0.4, 0.5) is 14.5 Å². The SMILES string of the molecule is O=c1c(Br)c(NCc2ccc(F)cc2F)cnn1CCO. The van der Waals surface area contributed by atoms with Crippen molar-refractivity contribution in [2.45, 2.75) is 13.1 Å². The van der Waals surface area contributed by atoms with Crippen molar-refractivity contribution in [2.24, 2.45) is 0 Å². The molecule has 0 aliphatic carbocycles. The van der Waals surface area contributed by atoms with E-state index in [1.807, 2.05) is 0 Å². The van der Waals surface area contributed by atoms with Crippen LogP contribution < -0.4 is 10.9 Å². The maximum absolute atomic E-state index is 13.5. The summed E-state index contributed by atoms with van der Waals surface area (Å²) in [7, 11) is 0. The van der Waals surface area contributed by atoms with E-state index in [1.54, 1.807) is 0 Å². The summed E-state index contributed by atoms with van der Waals surface area (Å²) in [5, 5.41) is 15.5. The summed E-state index contributed by atoms with van der Waals surface area (Å²) in [6.07, 6.45) is 1.39. The first kappa shape index (κ1) is 15.6. The molecule has 112 valence electrons. The first-order valence-corrected chi connectivity index (χ1v) is 6.86. The number of anilines is 1. The third-order valence-corrected chi connectivity index (χ3v) is 3.55. The molecule has 0 bridgehead atoms. The van der Waals surface area contributed by atoms with Crippen molar-refractivity contribution in [3.05, 3.63) is 56.4 Å². The summed E-state index contributed by atoms with van der Waals surface area (Å²) < 4.78 is 27.6. The van der Waals surface area contributed by atoms with Gasteiger partial charge >= 0.3 is 0 Å². The van der Waals surface area contributed by atoms with Crippen molar-refractivity contribution >= 4 is 21.6 Å². The highest BCUT2D eigenvalue weighted by atomic mass is 79.9. The molecule has 0 aliphatic heterocycles. The minimum atomic E-state index is -0.666. The predicted octanol–water partition coefficient (Wildman–Crippen LogP) is 1.89. The van der Waals surface area contributed by atoms with E-state index in [4.69, 9.17) is 5.11 Å². The van der Waals surface area contributed by atoms with Gasteiger partial charge in [0, 0.05) is 18.2 Å². The molecule has 1 heterocycles. The van der Waals surface area contributed by atoms with Crippen LogP contribution in [-0.4, -0.2) is 21.5 Å². The quantitative estimate of drug-likeness (QED) is 0.855. The molecule has 8 heteroatoms. The minimum Gasteiger partial charge on any atom is -0.394 e. The van der Waals surface area contributed by atoms with E-state index < -0.39 is 17.2 Å². The van der Waals surface area contributed by atoms with Crippen LogP contribution in [-0.2, 0) is 13.1 Å². The second-order valence-electron chi connectivity index (χ2n) is 4.21. The van der Waals surface area contributed by atoms with Gasteiger partial charge in [-0.3, -0.25) is 4.79 Å². The Balaban J connectivity index is 2.17. The summed E-state index contributed by atoms with van der Waals surface area (Å²) in [5.74, 6) is -1.31. The second kappa shape index (κ2) is 6.77. The third kappa shape index (κ3) is 3.64.